The molecule has 0 amide bonds. The number of hydrogen-bond donors (Lipinski definition) is 1. The molecule has 7 heteroatoms. The minimum absolute atomic E-state index is 0.187. The van der Waals surface area contributed by atoms with Crippen molar-refractivity contribution in [3.05, 3.63) is 78.9 Å². The maximum atomic E-state index is 11.3. The molecule has 0 unspecified atom stereocenters. The van der Waals surface area contributed by atoms with E-state index in [2.05, 4.69) is 5.32 Å². The zero-order valence-corrected chi connectivity index (χ0v) is 11.0. The second-order valence-electron chi connectivity index (χ2n) is 4.50. The van der Waals surface area contributed by atoms with Crippen molar-refractivity contribution in [2.75, 3.05) is 0 Å². The van der Waals surface area contributed by atoms with Gasteiger partial charge in [0.25, 0.3) is 11.4 Å². The molecule has 0 saturated heterocycles. The van der Waals surface area contributed by atoms with Crippen LogP contribution < -0.4 is 5.32 Å². The molecule has 1 aromatic rings. The number of hydrogen-bond acceptors (Lipinski definition) is 5. The van der Waals surface area contributed by atoms with Crippen LogP contribution in [0, 0.1) is 20.2 Å². The maximum Gasteiger partial charge on any atom is 0.283 e. The van der Waals surface area contributed by atoms with Crippen molar-refractivity contribution in [2.45, 2.75) is 19.8 Å². The molecule has 104 valence electrons. The van der Waals surface area contributed by atoms with E-state index in [1.165, 1.54) is 0 Å². The van der Waals surface area contributed by atoms with Crippen LogP contribution in [0.25, 0.3) is 0 Å². The first-order valence-corrected chi connectivity index (χ1v) is 5.95. The summed E-state index contributed by atoms with van der Waals surface area (Å²) in [5.41, 5.74) is 0.812. The molecule has 0 radical (unpaired) electrons. The van der Waals surface area contributed by atoms with Gasteiger partial charge in [-0.25, -0.2) is 0 Å². The smallest absolute Gasteiger partial charge is 0.283 e. The fourth-order valence-corrected chi connectivity index (χ4v) is 2.42. The highest BCUT2D eigenvalue weighted by Gasteiger charge is 2.43. The number of allylic oxidation sites excluding steroid dienone is 2. The lowest BCUT2D eigenvalue weighted by atomic mass is 9.88. The van der Waals surface area contributed by atoms with Crippen LogP contribution in [0.2, 0.25) is 0 Å². The summed E-state index contributed by atoms with van der Waals surface area (Å²) >= 11 is 0. The van der Waals surface area contributed by atoms with Crippen LogP contribution in [0.5, 0.6) is 0 Å². The summed E-state index contributed by atoms with van der Waals surface area (Å²) in [5, 5.41) is 25.3. The molecule has 0 spiro atoms. The molecule has 0 aromatic heterocycles. The predicted octanol–water partition coefficient (Wildman–Crippen LogP) is 2.39. The summed E-state index contributed by atoms with van der Waals surface area (Å²) in [4.78, 5) is 21.5. The Morgan fingerprint density at radius 2 is 1.40 bits per heavy atom. The fourth-order valence-electron chi connectivity index (χ4n) is 2.42. The van der Waals surface area contributed by atoms with Gasteiger partial charge in [-0.3, -0.25) is 20.2 Å². The van der Waals surface area contributed by atoms with Crippen LogP contribution in [-0.4, -0.2) is 9.85 Å². The fraction of sp³-hybridized carbons (Fsp3) is 0.231. The van der Waals surface area contributed by atoms with Gasteiger partial charge >= 0.3 is 0 Å². The van der Waals surface area contributed by atoms with Gasteiger partial charge < -0.3 is 5.32 Å². The second kappa shape index (κ2) is 5.12. The number of rotatable bonds is 3. The molecule has 1 aliphatic rings. The summed E-state index contributed by atoms with van der Waals surface area (Å²) in [6.45, 7) is 3.10. The maximum absolute atomic E-state index is 11.3. The first-order chi connectivity index (χ1) is 9.43. The number of nitrogens with zero attached hydrogens (tertiary/aromatic N) is 2. The largest absolute Gasteiger partial charge is 0.352 e. The molecule has 20 heavy (non-hydrogen) atoms. The van der Waals surface area contributed by atoms with Gasteiger partial charge in [0.05, 0.1) is 21.2 Å². The Bertz CT molecular complexity index is 598. The number of benzene rings is 1. The van der Waals surface area contributed by atoms with E-state index in [0.717, 1.165) is 0 Å². The lowest BCUT2D eigenvalue weighted by molar-refractivity contribution is -0.457. The minimum Gasteiger partial charge on any atom is -0.352 e. The third-order valence-corrected chi connectivity index (χ3v) is 3.22. The first kappa shape index (κ1) is 13.7. The van der Waals surface area contributed by atoms with Gasteiger partial charge in [-0.1, -0.05) is 30.3 Å². The van der Waals surface area contributed by atoms with Crippen LogP contribution in [-0.2, 0) is 0 Å². The molecule has 1 heterocycles. The summed E-state index contributed by atoms with van der Waals surface area (Å²) in [6, 6.07) is 8.48. The molecule has 1 aliphatic heterocycles. The van der Waals surface area contributed by atoms with E-state index in [1.54, 1.807) is 44.2 Å². The van der Waals surface area contributed by atoms with E-state index in [1.807, 2.05) is 0 Å². The molecule has 1 N–H and O–H groups in total. The quantitative estimate of drug-likeness (QED) is 0.674. The molecule has 7 nitrogen and oxygen atoms in total. The Morgan fingerprint density at radius 1 is 0.950 bits per heavy atom. The number of nitrogens with one attached hydrogen (secondary N) is 1. The third-order valence-electron chi connectivity index (χ3n) is 3.22. The number of dihydropyridines is 1. The summed E-state index contributed by atoms with van der Waals surface area (Å²) in [6.07, 6.45) is 0. The van der Waals surface area contributed by atoms with Crippen LogP contribution in [0.15, 0.2) is 53.1 Å². The standard InChI is InChI=1S/C13H13N3O4/c1-8-12(15(17)18)11(10-6-4-3-5-7-10)13(16(19)20)9(2)14-8/h3-7,11,14H,1-2H3. The van der Waals surface area contributed by atoms with E-state index < -0.39 is 15.8 Å². The first-order valence-electron chi connectivity index (χ1n) is 5.95. The summed E-state index contributed by atoms with van der Waals surface area (Å²) in [5.74, 6) is -0.970. The minimum atomic E-state index is -0.970. The molecule has 2 rings (SSSR count). The van der Waals surface area contributed by atoms with E-state index in [-0.39, 0.29) is 11.4 Å². The van der Waals surface area contributed by atoms with Gasteiger partial charge in [-0.2, -0.15) is 0 Å². The van der Waals surface area contributed by atoms with Gasteiger partial charge in [0, 0.05) is 0 Å². The molecule has 0 atom stereocenters. The zero-order chi connectivity index (χ0) is 14.9. The summed E-state index contributed by atoms with van der Waals surface area (Å²) in [7, 11) is 0. The van der Waals surface area contributed by atoms with Crippen LogP contribution in [0.1, 0.15) is 25.3 Å². The van der Waals surface area contributed by atoms with Gasteiger partial charge in [0.2, 0.25) is 0 Å². The Balaban J connectivity index is 2.67. The van der Waals surface area contributed by atoms with Crippen molar-refractivity contribution >= 4 is 0 Å². The van der Waals surface area contributed by atoms with Crippen LogP contribution in [0.3, 0.4) is 0 Å². The molecule has 0 saturated carbocycles. The Kier molecular flexibility index (Phi) is 3.51. The van der Waals surface area contributed by atoms with Crippen molar-refractivity contribution in [1.29, 1.82) is 0 Å². The van der Waals surface area contributed by atoms with Crippen molar-refractivity contribution < 1.29 is 9.85 Å². The predicted molar refractivity (Wildman–Crippen MR) is 71.7 cm³/mol. The van der Waals surface area contributed by atoms with Crippen molar-refractivity contribution in [3.63, 3.8) is 0 Å². The average Bonchev–Trinajstić information content (AvgIpc) is 2.37. The van der Waals surface area contributed by atoms with E-state index in [0.29, 0.717) is 17.0 Å². The van der Waals surface area contributed by atoms with E-state index in [4.69, 9.17) is 0 Å². The lowest BCUT2D eigenvalue weighted by Crippen LogP contribution is -2.30. The van der Waals surface area contributed by atoms with Gasteiger partial charge in [-0.05, 0) is 19.4 Å². The third kappa shape index (κ3) is 2.25. The van der Waals surface area contributed by atoms with Gasteiger partial charge in [-0.15, -0.1) is 0 Å². The SMILES string of the molecule is CC1=C([N+](=O)[O-])C(c2ccccc2)C([N+](=O)[O-])=C(C)N1. The van der Waals surface area contributed by atoms with E-state index in [9.17, 15) is 20.2 Å². The Hall–Kier alpha value is -2.70. The molecule has 0 aliphatic carbocycles. The van der Waals surface area contributed by atoms with Crippen molar-refractivity contribution in [1.82, 2.24) is 5.32 Å². The normalized spacial score (nSPS) is 16.1. The van der Waals surface area contributed by atoms with Crippen molar-refractivity contribution in [3.8, 4) is 0 Å². The lowest BCUT2D eigenvalue weighted by Gasteiger charge is -2.21. The highest BCUT2D eigenvalue weighted by Crippen LogP contribution is 2.37. The van der Waals surface area contributed by atoms with Crippen molar-refractivity contribution in [2.24, 2.45) is 0 Å². The van der Waals surface area contributed by atoms with Gasteiger partial charge in [0.1, 0.15) is 0 Å². The summed E-state index contributed by atoms with van der Waals surface area (Å²) < 4.78 is 0. The molecular formula is C13H13N3O4. The molecule has 1 aromatic carbocycles. The second-order valence-corrected chi connectivity index (χ2v) is 4.50. The van der Waals surface area contributed by atoms with E-state index >= 15 is 0 Å². The molecule has 0 fully saturated rings. The molecular weight excluding hydrogens is 262 g/mol. The highest BCUT2D eigenvalue weighted by molar-refractivity contribution is 5.40. The number of nitro groups is 2. The topological polar surface area (TPSA) is 98.3 Å². The van der Waals surface area contributed by atoms with Gasteiger partial charge in [0.15, 0.2) is 5.92 Å². The van der Waals surface area contributed by atoms with Crippen LogP contribution >= 0.6 is 0 Å². The Morgan fingerprint density at radius 3 is 1.80 bits per heavy atom. The Labute approximate surface area is 114 Å². The zero-order valence-electron chi connectivity index (χ0n) is 11.0. The average molecular weight is 275 g/mol. The van der Waals surface area contributed by atoms with Crippen LogP contribution in [0.4, 0.5) is 0 Å². The highest BCUT2D eigenvalue weighted by atomic mass is 16.6. The monoisotopic (exact) mass is 275 g/mol. The molecule has 0 bridgehead atoms.